The van der Waals surface area contributed by atoms with Crippen molar-refractivity contribution in [1.82, 2.24) is 5.32 Å². The summed E-state index contributed by atoms with van der Waals surface area (Å²) in [5.41, 5.74) is 1.29. The number of benzene rings is 2. The predicted octanol–water partition coefficient (Wildman–Crippen LogP) is 3.21. The fraction of sp³-hybridized carbons (Fsp3) is 0.222. The molecule has 2 rings (SSSR count). The third-order valence-electron chi connectivity index (χ3n) is 3.14. The average Bonchev–Trinajstić information content (AvgIpc) is 2.60. The molecule has 0 spiro atoms. The number of esters is 1. The van der Waals surface area contributed by atoms with Crippen LogP contribution in [0, 0.1) is 0 Å². The zero-order chi connectivity index (χ0) is 17.4. The molecule has 0 unspecified atom stereocenters. The lowest BCUT2D eigenvalue weighted by Crippen LogP contribution is -2.30. The summed E-state index contributed by atoms with van der Waals surface area (Å²) in [7, 11) is 0. The highest BCUT2D eigenvalue weighted by Crippen LogP contribution is 2.20. The van der Waals surface area contributed by atoms with E-state index in [1.54, 1.807) is 43.3 Å². The molecule has 1 N–H and O–H groups in total. The van der Waals surface area contributed by atoms with Gasteiger partial charge in [-0.05, 0) is 36.8 Å². The number of rotatable bonds is 7. The van der Waals surface area contributed by atoms with Gasteiger partial charge in [-0.3, -0.25) is 9.59 Å². The summed E-state index contributed by atoms with van der Waals surface area (Å²) in [4.78, 5) is 23.5. The van der Waals surface area contributed by atoms with Gasteiger partial charge in [-0.1, -0.05) is 35.9 Å². The molecule has 0 radical (unpaired) electrons. The van der Waals surface area contributed by atoms with Gasteiger partial charge in [0, 0.05) is 5.02 Å². The fourth-order valence-corrected chi connectivity index (χ4v) is 2.11. The Bertz CT molecular complexity index is 700. The van der Waals surface area contributed by atoms with Crippen molar-refractivity contribution in [2.75, 3.05) is 13.2 Å². The zero-order valence-electron chi connectivity index (χ0n) is 13.3. The predicted molar refractivity (Wildman–Crippen MR) is 91.2 cm³/mol. The van der Waals surface area contributed by atoms with E-state index in [4.69, 9.17) is 21.1 Å². The van der Waals surface area contributed by atoms with Crippen molar-refractivity contribution < 1.29 is 19.1 Å². The Hall–Kier alpha value is -2.53. The molecule has 0 bridgehead atoms. The Balaban J connectivity index is 1.99. The minimum absolute atomic E-state index is 0.182. The van der Waals surface area contributed by atoms with Gasteiger partial charge < -0.3 is 14.8 Å². The van der Waals surface area contributed by atoms with Crippen LogP contribution in [0.2, 0.25) is 5.02 Å². The highest BCUT2D eigenvalue weighted by molar-refractivity contribution is 6.30. The molecule has 5 nitrogen and oxygen atoms in total. The van der Waals surface area contributed by atoms with E-state index in [9.17, 15) is 9.59 Å². The number of carbonyl (C=O) groups is 2. The van der Waals surface area contributed by atoms with Crippen LogP contribution in [0.5, 0.6) is 5.75 Å². The van der Waals surface area contributed by atoms with Crippen molar-refractivity contribution in [3.05, 3.63) is 64.7 Å². The maximum atomic E-state index is 12.2. The number of para-hydroxylation sites is 1. The number of hydrogen-bond acceptors (Lipinski definition) is 4. The molecule has 0 aliphatic rings. The van der Waals surface area contributed by atoms with E-state index in [0.717, 1.165) is 5.56 Å². The third-order valence-corrected chi connectivity index (χ3v) is 3.39. The molecule has 0 atom stereocenters. The first-order valence-corrected chi connectivity index (χ1v) is 7.88. The van der Waals surface area contributed by atoms with Gasteiger partial charge >= 0.3 is 5.97 Å². The zero-order valence-corrected chi connectivity index (χ0v) is 14.0. The van der Waals surface area contributed by atoms with Crippen LogP contribution in [0.3, 0.4) is 0 Å². The van der Waals surface area contributed by atoms with E-state index >= 15 is 0 Å². The molecular formula is C18H18ClNO4. The smallest absolute Gasteiger partial charge is 0.325 e. The molecule has 0 aliphatic carbocycles. The van der Waals surface area contributed by atoms with Gasteiger partial charge in [0.15, 0.2) is 0 Å². The van der Waals surface area contributed by atoms with Gasteiger partial charge in [0.1, 0.15) is 18.9 Å². The highest BCUT2D eigenvalue weighted by atomic mass is 35.5. The molecule has 126 valence electrons. The summed E-state index contributed by atoms with van der Waals surface area (Å²) >= 11 is 5.85. The number of carbonyl (C=O) groups excluding carboxylic acids is 2. The summed E-state index contributed by atoms with van der Waals surface area (Å²) in [6.45, 7) is 2.10. The minimum atomic E-state index is -0.481. The van der Waals surface area contributed by atoms with Crippen molar-refractivity contribution in [2.45, 2.75) is 13.5 Å². The van der Waals surface area contributed by atoms with Crippen LogP contribution >= 0.6 is 11.6 Å². The Labute approximate surface area is 145 Å². The normalized spacial score (nSPS) is 10.1. The van der Waals surface area contributed by atoms with Crippen LogP contribution in [0.1, 0.15) is 22.8 Å². The van der Waals surface area contributed by atoms with Gasteiger partial charge in [0.25, 0.3) is 5.91 Å². The summed E-state index contributed by atoms with van der Waals surface area (Å²) < 4.78 is 10.5. The molecule has 1 amide bonds. The van der Waals surface area contributed by atoms with Crippen molar-refractivity contribution in [2.24, 2.45) is 0 Å². The first kappa shape index (κ1) is 17.8. The number of amides is 1. The fourth-order valence-electron chi connectivity index (χ4n) is 1.98. The van der Waals surface area contributed by atoms with Crippen molar-refractivity contribution in [3.63, 3.8) is 0 Å². The number of nitrogens with one attached hydrogen (secondary N) is 1. The van der Waals surface area contributed by atoms with Crippen LogP contribution in [0.4, 0.5) is 0 Å². The summed E-state index contributed by atoms with van der Waals surface area (Å²) in [5.74, 6) is -0.436. The van der Waals surface area contributed by atoms with E-state index in [1.165, 1.54) is 0 Å². The van der Waals surface area contributed by atoms with Crippen molar-refractivity contribution >= 4 is 23.5 Å². The lowest BCUT2D eigenvalue weighted by molar-refractivity contribution is -0.141. The standard InChI is InChI=1S/C18H18ClNO4/c1-2-23-17(21)11-20-18(22)15-5-3-4-6-16(15)24-12-13-7-9-14(19)10-8-13/h3-10H,2,11-12H2,1H3,(H,20,22). The van der Waals surface area contributed by atoms with Gasteiger partial charge in [0.2, 0.25) is 0 Å². The van der Waals surface area contributed by atoms with Crippen molar-refractivity contribution in [1.29, 1.82) is 0 Å². The first-order chi connectivity index (χ1) is 11.6. The Morgan fingerprint density at radius 3 is 2.50 bits per heavy atom. The Kier molecular flexibility index (Phi) is 6.63. The topological polar surface area (TPSA) is 64.6 Å². The molecule has 0 aromatic heterocycles. The summed E-state index contributed by atoms with van der Waals surface area (Å²) in [6.07, 6.45) is 0. The second-order valence-corrected chi connectivity index (χ2v) is 5.34. The minimum Gasteiger partial charge on any atom is -0.488 e. The number of ether oxygens (including phenoxy) is 2. The van der Waals surface area contributed by atoms with Gasteiger partial charge in [-0.15, -0.1) is 0 Å². The van der Waals surface area contributed by atoms with Gasteiger partial charge in [-0.2, -0.15) is 0 Å². The number of halogens is 1. The molecule has 6 heteroatoms. The second-order valence-electron chi connectivity index (χ2n) is 4.90. The molecular weight excluding hydrogens is 330 g/mol. The molecule has 24 heavy (non-hydrogen) atoms. The molecule has 0 saturated carbocycles. The molecule has 0 aliphatic heterocycles. The molecule has 2 aromatic rings. The van der Waals surface area contributed by atoms with E-state index < -0.39 is 11.9 Å². The third kappa shape index (κ3) is 5.28. The maximum Gasteiger partial charge on any atom is 0.325 e. The Morgan fingerprint density at radius 2 is 1.79 bits per heavy atom. The quantitative estimate of drug-likeness (QED) is 0.781. The largest absolute Gasteiger partial charge is 0.488 e. The van der Waals surface area contributed by atoms with E-state index in [2.05, 4.69) is 5.32 Å². The SMILES string of the molecule is CCOC(=O)CNC(=O)c1ccccc1OCc1ccc(Cl)cc1. The van der Waals surface area contributed by atoms with Crippen molar-refractivity contribution in [3.8, 4) is 5.75 Å². The molecule has 0 fully saturated rings. The van der Waals surface area contributed by atoms with Gasteiger partial charge in [-0.25, -0.2) is 0 Å². The molecule has 0 saturated heterocycles. The monoisotopic (exact) mass is 347 g/mol. The highest BCUT2D eigenvalue weighted by Gasteiger charge is 2.13. The van der Waals surface area contributed by atoms with Crippen LogP contribution in [0.25, 0.3) is 0 Å². The van der Waals surface area contributed by atoms with E-state index in [-0.39, 0.29) is 13.2 Å². The molecule has 2 aromatic carbocycles. The van der Waals surface area contributed by atoms with E-state index in [1.807, 2.05) is 12.1 Å². The lowest BCUT2D eigenvalue weighted by atomic mass is 10.2. The van der Waals surface area contributed by atoms with Gasteiger partial charge in [0.05, 0.1) is 12.2 Å². The summed E-state index contributed by atoms with van der Waals surface area (Å²) in [5, 5.41) is 3.17. The van der Waals surface area contributed by atoms with Crippen LogP contribution < -0.4 is 10.1 Å². The average molecular weight is 348 g/mol. The number of hydrogen-bond donors (Lipinski definition) is 1. The Morgan fingerprint density at radius 1 is 1.08 bits per heavy atom. The lowest BCUT2D eigenvalue weighted by Gasteiger charge is -2.11. The van der Waals surface area contributed by atoms with E-state index in [0.29, 0.717) is 22.9 Å². The molecule has 0 heterocycles. The van der Waals surface area contributed by atoms with Crippen LogP contribution in [-0.4, -0.2) is 25.0 Å². The summed E-state index contributed by atoms with van der Waals surface area (Å²) in [6, 6.07) is 14.1. The second kappa shape index (κ2) is 8.93. The maximum absolute atomic E-state index is 12.2. The van der Waals surface area contributed by atoms with Crippen LogP contribution in [0.15, 0.2) is 48.5 Å². The first-order valence-electron chi connectivity index (χ1n) is 7.50. The van der Waals surface area contributed by atoms with Crippen LogP contribution in [-0.2, 0) is 16.1 Å².